The van der Waals surface area contributed by atoms with Crippen LogP contribution in [0, 0.1) is 5.92 Å². The van der Waals surface area contributed by atoms with Crippen molar-refractivity contribution in [2.24, 2.45) is 5.92 Å². The molecule has 1 aromatic carbocycles. The van der Waals surface area contributed by atoms with Crippen LogP contribution in [0.4, 0.5) is 0 Å². The van der Waals surface area contributed by atoms with Gasteiger partial charge in [0.25, 0.3) is 0 Å². The lowest BCUT2D eigenvalue weighted by Crippen LogP contribution is -2.19. The highest BCUT2D eigenvalue weighted by Gasteiger charge is 2.09. The third-order valence-electron chi connectivity index (χ3n) is 2.99. The number of hydrogen-bond acceptors (Lipinski definition) is 1. The van der Waals surface area contributed by atoms with E-state index in [1.54, 1.807) is 0 Å². The molecule has 0 unspecified atom stereocenters. The maximum absolute atomic E-state index is 3.69. The molecule has 91 valence electrons. The summed E-state index contributed by atoms with van der Waals surface area (Å²) in [6, 6.07) is 8.43. The van der Waals surface area contributed by atoms with E-state index in [1.165, 1.54) is 16.3 Å². The maximum Gasteiger partial charge on any atom is 0.0720 e. The Morgan fingerprint density at radius 2 is 1.82 bits per heavy atom. The molecule has 0 aliphatic heterocycles. The van der Waals surface area contributed by atoms with Crippen molar-refractivity contribution >= 4 is 21.0 Å². The van der Waals surface area contributed by atoms with Crippen LogP contribution < -0.4 is 5.19 Å². The molecule has 0 aliphatic carbocycles. The van der Waals surface area contributed by atoms with Crippen molar-refractivity contribution in [2.75, 3.05) is 13.1 Å². The highest BCUT2D eigenvalue weighted by atomic mass is 28.1. The molecule has 0 saturated heterocycles. The smallest absolute Gasteiger partial charge is 0.0720 e. The van der Waals surface area contributed by atoms with Gasteiger partial charge in [0.15, 0.2) is 0 Å². The van der Waals surface area contributed by atoms with Crippen molar-refractivity contribution in [3.8, 4) is 0 Å². The first-order chi connectivity index (χ1) is 8.10. The van der Waals surface area contributed by atoms with Crippen LogP contribution in [0.1, 0.15) is 33.3 Å². The fraction of sp³-hybridized carbons (Fsp3) is 0.467. The van der Waals surface area contributed by atoms with Gasteiger partial charge in [-0.2, -0.15) is 0 Å². The molecule has 0 saturated carbocycles. The Hall–Kier alpha value is -1.02. The van der Waals surface area contributed by atoms with Crippen LogP contribution in [0.5, 0.6) is 0 Å². The Labute approximate surface area is 109 Å². The second-order valence-electron chi connectivity index (χ2n) is 4.51. The van der Waals surface area contributed by atoms with Gasteiger partial charge in [-0.15, -0.1) is 0 Å². The van der Waals surface area contributed by atoms with Crippen molar-refractivity contribution < 1.29 is 0 Å². The summed E-state index contributed by atoms with van der Waals surface area (Å²) in [5, 5.41) is 1.17. The van der Waals surface area contributed by atoms with Gasteiger partial charge in [-0.1, -0.05) is 43.3 Å². The topological polar surface area (TPSA) is 3.24 Å². The summed E-state index contributed by atoms with van der Waals surface area (Å²) in [5.74, 6) is 0.521. The summed E-state index contributed by atoms with van der Waals surface area (Å²) in [7, 11) is 3.69. The summed E-state index contributed by atoms with van der Waals surface area (Å²) < 4.78 is 0. The maximum atomic E-state index is 3.69. The van der Waals surface area contributed by atoms with Crippen molar-refractivity contribution in [1.82, 2.24) is 4.90 Å². The van der Waals surface area contributed by atoms with Gasteiger partial charge in [0.2, 0.25) is 0 Å². The van der Waals surface area contributed by atoms with Gasteiger partial charge >= 0.3 is 0 Å². The molecule has 0 aromatic heterocycles. The van der Waals surface area contributed by atoms with Crippen molar-refractivity contribution in [3.63, 3.8) is 0 Å². The fourth-order valence-corrected chi connectivity index (χ4v) is 2.19. The standard InChI is InChI=1S/C15H22NSi/c1-5-16(6-2)11-14(12(3)4)13-9-7-8-10-15(13)17/h7-12H,5-6H2,1-4H3. The van der Waals surface area contributed by atoms with E-state index in [0.717, 1.165) is 13.1 Å². The zero-order valence-electron chi connectivity index (χ0n) is 11.3. The second-order valence-corrected chi connectivity index (χ2v) is 5.04. The van der Waals surface area contributed by atoms with Crippen LogP contribution in [-0.4, -0.2) is 28.2 Å². The number of allylic oxidation sites excluding steroid dienone is 1. The summed E-state index contributed by atoms with van der Waals surface area (Å²) in [4.78, 5) is 2.34. The van der Waals surface area contributed by atoms with Gasteiger partial charge in [0, 0.05) is 19.3 Å². The van der Waals surface area contributed by atoms with Gasteiger partial charge < -0.3 is 4.90 Å². The Kier molecular flexibility index (Phi) is 5.49. The van der Waals surface area contributed by atoms with Crippen molar-refractivity contribution in [2.45, 2.75) is 27.7 Å². The normalized spacial score (nSPS) is 12.0. The molecule has 0 heterocycles. The first kappa shape index (κ1) is 14.0. The number of rotatable bonds is 5. The van der Waals surface area contributed by atoms with E-state index in [1.807, 2.05) is 0 Å². The molecule has 1 rings (SSSR count). The van der Waals surface area contributed by atoms with E-state index in [9.17, 15) is 0 Å². The zero-order valence-corrected chi connectivity index (χ0v) is 12.3. The first-order valence-electron chi connectivity index (χ1n) is 6.36. The fourth-order valence-electron chi connectivity index (χ4n) is 1.87. The lowest BCUT2D eigenvalue weighted by molar-refractivity contribution is 0.418. The van der Waals surface area contributed by atoms with Crippen molar-refractivity contribution in [1.29, 1.82) is 0 Å². The van der Waals surface area contributed by atoms with Gasteiger partial charge in [-0.05, 0) is 30.9 Å². The highest BCUT2D eigenvalue weighted by molar-refractivity contribution is 6.34. The lowest BCUT2D eigenvalue weighted by atomic mass is 9.96. The van der Waals surface area contributed by atoms with E-state index in [2.05, 4.69) is 73.3 Å². The molecular formula is C15H22NSi. The molecule has 1 nitrogen and oxygen atoms in total. The van der Waals surface area contributed by atoms with E-state index in [4.69, 9.17) is 0 Å². The molecule has 0 fully saturated rings. The Morgan fingerprint density at radius 1 is 1.24 bits per heavy atom. The van der Waals surface area contributed by atoms with E-state index >= 15 is 0 Å². The average Bonchev–Trinajstić information content (AvgIpc) is 2.32. The van der Waals surface area contributed by atoms with Crippen LogP contribution in [0.25, 0.3) is 5.57 Å². The van der Waals surface area contributed by atoms with Gasteiger partial charge in [0.05, 0.1) is 10.2 Å². The number of benzene rings is 1. The van der Waals surface area contributed by atoms with E-state index in [0.29, 0.717) is 5.92 Å². The highest BCUT2D eigenvalue weighted by Crippen LogP contribution is 2.22. The minimum atomic E-state index is 0.521. The van der Waals surface area contributed by atoms with Crippen LogP contribution in [-0.2, 0) is 0 Å². The Bertz CT molecular complexity index is 378. The predicted molar refractivity (Wildman–Crippen MR) is 77.6 cm³/mol. The summed E-state index contributed by atoms with van der Waals surface area (Å²) in [6.45, 7) is 11.0. The molecule has 0 N–H and O–H groups in total. The van der Waals surface area contributed by atoms with Crippen LogP contribution in [0.15, 0.2) is 30.5 Å². The minimum Gasteiger partial charge on any atom is -0.378 e. The van der Waals surface area contributed by atoms with Gasteiger partial charge in [-0.3, -0.25) is 0 Å². The quantitative estimate of drug-likeness (QED) is 0.720. The Morgan fingerprint density at radius 3 is 2.29 bits per heavy atom. The molecule has 0 spiro atoms. The largest absolute Gasteiger partial charge is 0.378 e. The van der Waals surface area contributed by atoms with E-state index < -0.39 is 0 Å². The summed E-state index contributed by atoms with van der Waals surface area (Å²) >= 11 is 0. The molecule has 3 radical (unpaired) electrons. The lowest BCUT2D eigenvalue weighted by Gasteiger charge is -2.21. The second kappa shape index (κ2) is 6.65. The number of nitrogens with zero attached hydrogens (tertiary/aromatic N) is 1. The van der Waals surface area contributed by atoms with Crippen LogP contribution in [0.3, 0.4) is 0 Å². The zero-order chi connectivity index (χ0) is 12.8. The van der Waals surface area contributed by atoms with E-state index in [-0.39, 0.29) is 0 Å². The minimum absolute atomic E-state index is 0.521. The number of hydrogen-bond donors (Lipinski definition) is 0. The SMILES string of the molecule is CCN(C=C(c1ccccc1[Si])C(C)C)CC. The average molecular weight is 244 g/mol. The molecule has 0 amide bonds. The first-order valence-corrected chi connectivity index (χ1v) is 6.86. The van der Waals surface area contributed by atoms with Crippen LogP contribution in [0.2, 0.25) is 0 Å². The molecule has 17 heavy (non-hydrogen) atoms. The molecular weight excluding hydrogens is 222 g/mol. The molecule has 0 bridgehead atoms. The third kappa shape index (κ3) is 3.74. The predicted octanol–water partition coefficient (Wildman–Crippen LogP) is 2.82. The third-order valence-corrected chi connectivity index (χ3v) is 3.43. The monoisotopic (exact) mass is 244 g/mol. The molecule has 0 atom stereocenters. The molecule has 1 aromatic rings. The van der Waals surface area contributed by atoms with Gasteiger partial charge in [-0.25, -0.2) is 0 Å². The molecule has 2 heteroatoms. The summed E-state index contributed by atoms with van der Waals surface area (Å²) in [5.41, 5.74) is 2.69. The van der Waals surface area contributed by atoms with Crippen molar-refractivity contribution in [3.05, 3.63) is 36.0 Å². The van der Waals surface area contributed by atoms with Gasteiger partial charge in [0.1, 0.15) is 0 Å². The molecule has 0 aliphatic rings. The summed E-state index contributed by atoms with van der Waals surface area (Å²) in [6.07, 6.45) is 2.30. The Balaban J connectivity index is 3.14. The van der Waals surface area contributed by atoms with Crippen LogP contribution >= 0.6 is 0 Å².